The molecule has 0 heterocycles. The number of halogens is 3. The molecule has 0 spiro atoms. The fraction of sp³-hybridized carbons (Fsp3) is 0.385. The Balaban J connectivity index is 2.54. The summed E-state index contributed by atoms with van der Waals surface area (Å²) >= 11 is 0. The van der Waals surface area contributed by atoms with Crippen molar-refractivity contribution in [2.45, 2.75) is 26.1 Å². The molecule has 1 aromatic rings. The molecular formula is C13H16F3N3O2. The second-order valence-electron chi connectivity index (χ2n) is 4.61. The molecule has 0 aliphatic heterocycles. The van der Waals surface area contributed by atoms with E-state index < -0.39 is 23.7 Å². The van der Waals surface area contributed by atoms with Gasteiger partial charge in [-0.2, -0.15) is 13.2 Å². The van der Waals surface area contributed by atoms with Crippen LogP contribution < -0.4 is 16.0 Å². The molecule has 0 radical (unpaired) electrons. The van der Waals surface area contributed by atoms with Crippen molar-refractivity contribution in [3.05, 3.63) is 29.8 Å². The highest BCUT2D eigenvalue weighted by molar-refractivity contribution is 5.94. The van der Waals surface area contributed by atoms with Gasteiger partial charge in [0.15, 0.2) is 0 Å². The molecule has 0 saturated heterocycles. The summed E-state index contributed by atoms with van der Waals surface area (Å²) in [5.41, 5.74) is -0.841. The summed E-state index contributed by atoms with van der Waals surface area (Å²) < 4.78 is 37.5. The molecule has 0 aromatic heterocycles. The molecule has 0 atom stereocenters. The molecule has 5 nitrogen and oxygen atoms in total. The molecular weight excluding hydrogens is 287 g/mol. The molecule has 8 heteroatoms. The summed E-state index contributed by atoms with van der Waals surface area (Å²) in [6.07, 6.45) is -4.48. The minimum atomic E-state index is -4.48. The summed E-state index contributed by atoms with van der Waals surface area (Å²) in [6, 6.07) is 3.65. The Labute approximate surface area is 119 Å². The summed E-state index contributed by atoms with van der Waals surface area (Å²) in [4.78, 5) is 22.8. The van der Waals surface area contributed by atoms with Crippen molar-refractivity contribution in [1.82, 2.24) is 10.6 Å². The van der Waals surface area contributed by atoms with Gasteiger partial charge in [-0.3, -0.25) is 4.79 Å². The van der Waals surface area contributed by atoms with Crippen LogP contribution in [0.1, 0.15) is 19.4 Å². The van der Waals surface area contributed by atoms with Gasteiger partial charge in [0.25, 0.3) is 0 Å². The van der Waals surface area contributed by atoms with Gasteiger partial charge in [-0.15, -0.1) is 0 Å². The van der Waals surface area contributed by atoms with Crippen LogP contribution in [0.5, 0.6) is 0 Å². The first kappa shape index (κ1) is 16.8. The van der Waals surface area contributed by atoms with Gasteiger partial charge in [-0.05, 0) is 32.0 Å². The van der Waals surface area contributed by atoms with E-state index in [9.17, 15) is 22.8 Å². The Kier molecular flexibility index (Phi) is 5.57. The van der Waals surface area contributed by atoms with Crippen LogP contribution in [0.3, 0.4) is 0 Å². The number of carbonyl (C=O) groups is 2. The van der Waals surface area contributed by atoms with Crippen LogP contribution in [0.15, 0.2) is 24.3 Å². The lowest BCUT2D eigenvalue weighted by Crippen LogP contribution is -2.42. The van der Waals surface area contributed by atoms with Crippen LogP contribution in [0.2, 0.25) is 0 Å². The van der Waals surface area contributed by atoms with Crippen molar-refractivity contribution in [3.63, 3.8) is 0 Å². The zero-order valence-electron chi connectivity index (χ0n) is 11.5. The molecule has 3 amide bonds. The minimum absolute atomic E-state index is 0.0147. The fourth-order valence-corrected chi connectivity index (χ4v) is 1.45. The van der Waals surface area contributed by atoms with E-state index >= 15 is 0 Å². The molecule has 0 aliphatic carbocycles. The normalized spacial score (nSPS) is 11.1. The van der Waals surface area contributed by atoms with Gasteiger partial charge < -0.3 is 16.0 Å². The number of alkyl halides is 3. The Bertz CT molecular complexity index is 516. The summed E-state index contributed by atoms with van der Waals surface area (Å²) in [6.45, 7) is 3.17. The number of hydrogen-bond donors (Lipinski definition) is 3. The third-order valence-electron chi connectivity index (χ3n) is 2.30. The highest BCUT2D eigenvalue weighted by atomic mass is 19.4. The third kappa shape index (κ3) is 6.15. The largest absolute Gasteiger partial charge is 0.416 e. The summed E-state index contributed by atoms with van der Waals surface area (Å²) in [5.74, 6) is -0.617. The number of carbonyl (C=O) groups excluding carboxylic acids is 2. The van der Waals surface area contributed by atoms with Crippen molar-refractivity contribution in [2.24, 2.45) is 0 Å². The second kappa shape index (κ2) is 6.96. The molecule has 3 N–H and O–H groups in total. The molecule has 0 saturated carbocycles. The van der Waals surface area contributed by atoms with E-state index in [1.165, 1.54) is 12.1 Å². The van der Waals surface area contributed by atoms with Crippen LogP contribution in [-0.4, -0.2) is 24.5 Å². The van der Waals surface area contributed by atoms with E-state index in [-0.39, 0.29) is 18.3 Å². The monoisotopic (exact) mass is 303 g/mol. The smallest absolute Gasteiger partial charge is 0.336 e. The standard InChI is InChI=1S/C13H16F3N3O2/c1-8(2)18-12(21)17-7-11(20)19-10-5-3-4-9(6-10)13(14,15)16/h3-6,8H,7H2,1-2H3,(H,19,20)(H2,17,18,21). The first-order valence-electron chi connectivity index (χ1n) is 6.20. The Morgan fingerprint density at radius 1 is 1.24 bits per heavy atom. The van der Waals surface area contributed by atoms with Crippen molar-refractivity contribution in [3.8, 4) is 0 Å². The van der Waals surface area contributed by atoms with Crippen molar-refractivity contribution in [1.29, 1.82) is 0 Å². The molecule has 1 aromatic carbocycles. The summed E-state index contributed by atoms with van der Waals surface area (Å²) in [5, 5.41) is 7.09. The first-order valence-corrected chi connectivity index (χ1v) is 6.20. The highest BCUT2D eigenvalue weighted by Gasteiger charge is 2.30. The van der Waals surface area contributed by atoms with Crippen molar-refractivity contribution < 1.29 is 22.8 Å². The quantitative estimate of drug-likeness (QED) is 0.799. The molecule has 116 valence electrons. The predicted molar refractivity (Wildman–Crippen MR) is 71.7 cm³/mol. The highest BCUT2D eigenvalue weighted by Crippen LogP contribution is 2.30. The van der Waals surface area contributed by atoms with Gasteiger partial charge in [0.2, 0.25) is 5.91 Å². The van der Waals surface area contributed by atoms with Gasteiger partial charge in [0.05, 0.1) is 12.1 Å². The molecule has 0 unspecified atom stereocenters. The van der Waals surface area contributed by atoms with Crippen LogP contribution in [0, 0.1) is 0 Å². The molecule has 0 bridgehead atoms. The minimum Gasteiger partial charge on any atom is -0.336 e. The lowest BCUT2D eigenvalue weighted by atomic mass is 10.2. The van der Waals surface area contributed by atoms with Crippen LogP contribution in [0.4, 0.5) is 23.7 Å². The molecule has 0 fully saturated rings. The maximum absolute atomic E-state index is 12.5. The predicted octanol–water partition coefficient (Wildman–Crippen LogP) is 2.35. The SMILES string of the molecule is CC(C)NC(=O)NCC(=O)Nc1cccc(C(F)(F)F)c1. The van der Waals surface area contributed by atoms with Crippen molar-refractivity contribution >= 4 is 17.6 Å². The zero-order valence-corrected chi connectivity index (χ0v) is 11.5. The average molecular weight is 303 g/mol. The number of hydrogen-bond acceptors (Lipinski definition) is 2. The molecule has 0 aliphatic rings. The number of amides is 3. The maximum atomic E-state index is 12.5. The second-order valence-corrected chi connectivity index (χ2v) is 4.61. The van der Waals surface area contributed by atoms with Crippen LogP contribution >= 0.6 is 0 Å². The van der Waals surface area contributed by atoms with Crippen LogP contribution in [-0.2, 0) is 11.0 Å². The van der Waals surface area contributed by atoms with Crippen LogP contribution in [0.25, 0.3) is 0 Å². The Hall–Kier alpha value is -2.25. The summed E-state index contributed by atoms with van der Waals surface area (Å²) in [7, 11) is 0. The van der Waals surface area contributed by atoms with Gasteiger partial charge in [-0.25, -0.2) is 4.79 Å². The van der Waals surface area contributed by atoms with E-state index in [0.29, 0.717) is 0 Å². The Morgan fingerprint density at radius 2 is 1.90 bits per heavy atom. The molecule has 1 rings (SSSR count). The third-order valence-corrected chi connectivity index (χ3v) is 2.30. The fourth-order valence-electron chi connectivity index (χ4n) is 1.45. The van der Waals surface area contributed by atoms with Crippen molar-refractivity contribution in [2.75, 3.05) is 11.9 Å². The van der Waals surface area contributed by atoms with E-state index in [0.717, 1.165) is 12.1 Å². The van der Waals surface area contributed by atoms with Gasteiger partial charge in [0, 0.05) is 11.7 Å². The molecule has 21 heavy (non-hydrogen) atoms. The number of rotatable bonds is 4. The first-order chi connectivity index (χ1) is 9.68. The van der Waals surface area contributed by atoms with E-state index in [4.69, 9.17) is 0 Å². The number of nitrogens with one attached hydrogen (secondary N) is 3. The number of urea groups is 1. The average Bonchev–Trinajstić information content (AvgIpc) is 2.35. The topological polar surface area (TPSA) is 70.2 Å². The van der Waals surface area contributed by atoms with E-state index in [1.54, 1.807) is 13.8 Å². The van der Waals surface area contributed by atoms with Gasteiger partial charge >= 0.3 is 12.2 Å². The lowest BCUT2D eigenvalue weighted by molar-refractivity contribution is -0.137. The maximum Gasteiger partial charge on any atom is 0.416 e. The number of benzene rings is 1. The zero-order chi connectivity index (χ0) is 16.0. The van der Waals surface area contributed by atoms with E-state index in [2.05, 4.69) is 16.0 Å². The number of anilines is 1. The van der Waals surface area contributed by atoms with Gasteiger partial charge in [-0.1, -0.05) is 6.07 Å². The van der Waals surface area contributed by atoms with E-state index in [1.807, 2.05) is 0 Å². The lowest BCUT2D eigenvalue weighted by Gasteiger charge is -2.11. The van der Waals surface area contributed by atoms with Gasteiger partial charge in [0.1, 0.15) is 0 Å². The Morgan fingerprint density at radius 3 is 2.48 bits per heavy atom.